The average Bonchev–Trinajstić information content (AvgIpc) is 2.69. The lowest BCUT2D eigenvalue weighted by molar-refractivity contribution is -0.150. The first-order chi connectivity index (χ1) is 13.8. The average molecular weight is 419 g/mol. The third-order valence-corrected chi connectivity index (χ3v) is 4.91. The van der Waals surface area contributed by atoms with E-state index >= 15 is 0 Å². The van der Waals surface area contributed by atoms with Crippen molar-refractivity contribution in [3.05, 3.63) is 59.4 Å². The summed E-state index contributed by atoms with van der Waals surface area (Å²) >= 11 is 1.28. The zero-order chi connectivity index (χ0) is 21.4. The molecule has 0 bridgehead atoms. The van der Waals surface area contributed by atoms with Crippen molar-refractivity contribution in [1.82, 2.24) is 0 Å². The summed E-state index contributed by atoms with van der Waals surface area (Å²) in [6.45, 7) is 2.94. The number of Topliss-reactive ketones (excluding diaryl/α,β-unsaturated/α-hetero) is 1. The van der Waals surface area contributed by atoms with Gasteiger partial charge in [0.15, 0.2) is 11.9 Å². The Hall–Kier alpha value is -2.87. The first-order valence-electron chi connectivity index (χ1n) is 8.81. The molecule has 6 nitrogen and oxygen atoms in total. The van der Waals surface area contributed by atoms with Crippen molar-refractivity contribution in [3.8, 4) is 5.75 Å². The number of benzene rings is 2. The summed E-state index contributed by atoms with van der Waals surface area (Å²) < 4.78 is 23.3. The van der Waals surface area contributed by atoms with E-state index in [1.165, 1.54) is 57.0 Å². The molecule has 0 spiro atoms. The Morgan fingerprint density at radius 2 is 1.83 bits per heavy atom. The molecule has 0 saturated heterocycles. The number of amides is 1. The molecule has 0 aliphatic heterocycles. The molecule has 0 heterocycles. The van der Waals surface area contributed by atoms with Crippen LogP contribution in [0.2, 0.25) is 0 Å². The van der Waals surface area contributed by atoms with Crippen LogP contribution in [0.5, 0.6) is 5.75 Å². The van der Waals surface area contributed by atoms with Crippen LogP contribution >= 0.6 is 11.8 Å². The van der Waals surface area contributed by atoms with E-state index in [-0.39, 0.29) is 11.5 Å². The van der Waals surface area contributed by atoms with Gasteiger partial charge in [-0.2, -0.15) is 0 Å². The van der Waals surface area contributed by atoms with Gasteiger partial charge in [0.1, 0.15) is 11.6 Å². The van der Waals surface area contributed by atoms with Gasteiger partial charge in [-0.15, -0.1) is 11.8 Å². The van der Waals surface area contributed by atoms with Gasteiger partial charge in [0.25, 0.3) is 5.91 Å². The topological polar surface area (TPSA) is 81.7 Å². The number of hydrogen-bond acceptors (Lipinski definition) is 6. The minimum Gasteiger partial charge on any atom is -0.496 e. The first-order valence-corrected chi connectivity index (χ1v) is 9.97. The molecule has 0 aliphatic rings. The molecule has 2 rings (SSSR count). The molecule has 0 fully saturated rings. The minimum absolute atomic E-state index is 0.0294. The number of ether oxygens (including phenoxy) is 2. The van der Waals surface area contributed by atoms with Crippen LogP contribution in [0.25, 0.3) is 0 Å². The van der Waals surface area contributed by atoms with E-state index in [9.17, 15) is 18.8 Å². The molecule has 0 aliphatic carbocycles. The summed E-state index contributed by atoms with van der Waals surface area (Å²) in [5.74, 6) is -0.423. The van der Waals surface area contributed by atoms with Gasteiger partial charge < -0.3 is 14.8 Å². The van der Waals surface area contributed by atoms with Crippen LogP contribution in [-0.2, 0) is 20.1 Å². The Bertz CT molecular complexity index is 885. The molecule has 1 amide bonds. The highest BCUT2D eigenvalue weighted by molar-refractivity contribution is 7.99. The quantitative estimate of drug-likeness (QED) is 0.491. The molecule has 0 radical (unpaired) electrons. The largest absolute Gasteiger partial charge is 0.496 e. The molecule has 0 aromatic heterocycles. The fraction of sp³-hybridized carbons (Fsp3) is 0.286. The maximum atomic E-state index is 12.9. The molecular weight excluding hydrogens is 397 g/mol. The smallest absolute Gasteiger partial charge is 0.316 e. The number of hydrogen-bond donors (Lipinski definition) is 1. The van der Waals surface area contributed by atoms with Gasteiger partial charge in [-0.3, -0.25) is 14.4 Å². The third kappa shape index (κ3) is 6.90. The highest BCUT2D eigenvalue weighted by Crippen LogP contribution is 2.25. The van der Waals surface area contributed by atoms with Crippen molar-refractivity contribution in [3.63, 3.8) is 0 Å². The lowest BCUT2D eigenvalue weighted by atomic mass is 10.1. The number of nitrogens with one attached hydrogen (secondary N) is 1. The minimum atomic E-state index is -0.997. The van der Waals surface area contributed by atoms with Crippen LogP contribution in [0.4, 0.5) is 10.1 Å². The zero-order valence-corrected chi connectivity index (χ0v) is 17.2. The van der Waals surface area contributed by atoms with Crippen LogP contribution in [0, 0.1) is 5.82 Å². The Kier molecular flexibility index (Phi) is 8.21. The maximum absolute atomic E-state index is 12.9. The van der Waals surface area contributed by atoms with E-state index in [0.29, 0.717) is 22.8 Å². The van der Waals surface area contributed by atoms with Crippen molar-refractivity contribution in [2.75, 3.05) is 18.2 Å². The molecular formula is C21H22FNO5S. The number of carbonyl (C=O) groups is 3. The van der Waals surface area contributed by atoms with E-state index in [2.05, 4.69) is 5.32 Å². The SMILES string of the molecule is COc1ccc(C(C)=O)cc1CSCC(=O)O[C@@H](C)C(=O)Nc1ccc(F)cc1. The lowest BCUT2D eigenvalue weighted by Gasteiger charge is -2.14. The number of esters is 1. The van der Waals surface area contributed by atoms with E-state index in [4.69, 9.17) is 9.47 Å². The summed E-state index contributed by atoms with van der Waals surface area (Å²) in [6, 6.07) is 10.4. The summed E-state index contributed by atoms with van der Waals surface area (Å²) in [5.41, 5.74) is 1.77. The van der Waals surface area contributed by atoms with Gasteiger partial charge in [0.2, 0.25) is 0 Å². The molecule has 0 unspecified atom stereocenters. The number of thioether (sulfide) groups is 1. The van der Waals surface area contributed by atoms with E-state index in [1.54, 1.807) is 18.2 Å². The Labute approximate surface area is 172 Å². The second-order valence-electron chi connectivity index (χ2n) is 6.20. The number of halogens is 1. The van der Waals surface area contributed by atoms with Crippen LogP contribution < -0.4 is 10.1 Å². The van der Waals surface area contributed by atoms with Crippen LogP contribution in [0.3, 0.4) is 0 Å². The number of ketones is 1. The molecule has 154 valence electrons. The van der Waals surface area contributed by atoms with Gasteiger partial charge in [-0.1, -0.05) is 0 Å². The molecule has 2 aromatic rings. The number of carbonyl (C=O) groups excluding carboxylic acids is 3. The lowest BCUT2D eigenvalue weighted by Crippen LogP contribution is -2.30. The number of anilines is 1. The summed E-state index contributed by atoms with van der Waals surface area (Å²) in [5, 5.41) is 2.55. The van der Waals surface area contributed by atoms with Crippen molar-refractivity contribution in [2.45, 2.75) is 25.7 Å². The predicted molar refractivity (Wildman–Crippen MR) is 110 cm³/mol. The fourth-order valence-electron chi connectivity index (χ4n) is 2.42. The van der Waals surface area contributed by atoms with E-state index in [1.807, 2.05) is 0 Å². The van der Waals surface area contributed by atoms with Gasteiger partial charge in [-0.05, 0) is 56.3 Å². The first kappa shape index (κ1) is 22.4. The van der Waals surface area contributed by atoms with Crippen molar-refractivity contribution >= 4 is 35.1 Å². The van der Waals surface area contributed by atoms with Gasteiger partial charge >= 0.3 is 5.97 Å². The van der Waals surface area contributed by atoms with Crippen LogP contribution in [0.15, 0.2) is 42.5 Å². The molecule has 29 heavy (non-hydrogen) atoms. The van der Waals surface area contributed by atoms with Crippen molar-refractivity contribution in [1.29, 1.82) is 0 Å². The second-order valence-corrected chi connectivity index (χ2v) is 7.19. The molecule has 1 N–H and O–H groups in total. The molecule has 2 aromatic carbocycles. The Morgan fingerprint density at radius 1 is 1.14 bits per heavy atom. The van der Waals surface area contributed by atoms with Crippen molar-refractivity contribution in [2.24, 2.45) is 0 Å². The molecule has 8 heteroatoms. The van der Waals surface area contributed by atoms with Gasteiger partial charge in [0, 0.05) is 22.6 Å². The van der Waals surface area contributed by atoms with Crippen LogP contribution in [-0.4, -0.2) is 36.6 Å². The Balaban J connectivity index is 1.83. The fourth-order valence-corrected chi connectivity index (χ4v) is 3.20. The van der Waals surface area contributed by atoms with Gasteiger partial charge in [0.05, 0.1) is 12.9 Å². The third-order valence-electron chi connectivity index (χ3n) is 3.95. The zero-order valence-electron chi connectivity index (χ0n) is 16.4. The molecule has 0 saturated carbocycles. The number of rotatable bonds is 9. The summed E-state index contributed by atoms with van der Waals surface area (Å²) in [4.78, 5) is 35.6. The maximum Gasteiger partial charge on any atom is 0.316 e. The second kappa shape index (κ2) is 10.6. The summed E-state index contributed by atoms with van der Waals surface area (Å²) in [6.07, 6.45) is -0.997. The predicted octanol–water partition coefficient (Wildman–Crippen LogP) is 3.84. The highest BCUT2D eigenvalue weighted by atomic mass is 32.2. The highest BCUT2D eigenvalue weighted by Gasteiger charge is 2.18. The molecule has 1 atom stereocenters. The van der Waals surface area contributed by atoms with E-state index < -0.39 is 23.8 Å². The Morgan fingerprint density at radius 3 is 2.45 bits per heavy atom. The van der Waals surface area contributed by atoms with Crippen LogP contribution in [0.1, 0.15) is 29.8 Å². The van der Waals surface area contributed by atoms with E-state index in [0.717, 1.165) is 5.56 Å². The van der Waals surface area contributed by atoms with Crippen molar-refractivity contribution < 1.29 is 28.2 Å². The monoisotopic (exact) mass is 419 g/mol. The standard InChI is InChI=1S/C21H22FNO5S/c1-13(24)15-4-9-19(27-3)16(10-15)11-29-12-20(25)28-14(2)21(26)23-18-7-5-17(22)6-8-18/h4-10,14H,11-12H2,1-3H3,(H,23,26)/t14-/m0/s1. The normalized spacial score (nSPS) is 11.4. The number of methoxy groups -OCH3 is 1. The van der Waals surface area contributed by atoms with Gasteiger partial charge in [-0.25, -0.2) is 4.39 Å². The summed E-state index contributed by atoms with van der Waals surface area (Å²) in [7, 11) is 1.53.